The van der Waals surface area contributed by atoms with Gasteiger partial charge < -0.3 is 10.1 Å². The first-order valence-corrected chi connectivity index (χ1v) is 7.95. The highest BCUT2D eigenvalue weighted by molar-refractivity contribution is 6.42. The predicted molar refractivity (Wildman–Crippen MR) is 89.6 cm³/mol. The fourth-order valence-electron chi connectivity index (χ4n) is 1.91. The van der Waals surface area contributed by atoms with Gasteiger partial charge in [0.05, 0.1) is 22.0 Å². The molecule has 0 fully saturated rings. The molecule has 0 saturated heterocycles. The molecular weight excluding hydrogens is 375 g/mol. The van der Waals surface area contributed by atoms with Gasteiger partial charge in [-0.15, -0.1) is 0 Å². The van der Waals surface area contributed by atoms with Crippen LogP contribution in [0.5, 0.6) is 0 Å². The third-order valence-electron chi connectivity index (χ3n) is 3.17. The van der Waals surface area contributed by atoms with Gasteiger partial charge in [0.1, 0.15) is 18.2 Å². The predicted octanol–water partition coefficient (Wildman–Crippen LogP) is 4.13. The van der Waals surface area contributed by atoms with Gasteiger partial charge >= 0.3 is 5.97 Å². The van der Waals surface area contributed by atoms with E-state index < -0.39 is 23.5 Å². The fraction of sp³-hybridized carbons (Fsp3) is 0.176. The number of ether oxygens (including phenoxy) is 1. The monoisotopic (exact) mass is 387 g/mol. The number of rotatable bonds is 6. The largest absolute Gasteiger partial charge is 0.461 e. The lowest BCUT2D eigenvalue weighted by molar-refractivity contribution is -0.144. The van der Waals surface area contributed by atoms with E-state index in [-0.39, 0.29) is 25.1 Å². The second-order valence-electron chi connectivity index (χ2n) is 5.04. The summed E-state index contributed by atoms with van der Waals surface area (Å²) in [5.41, 5.74) is 0.366. The van der Waals surface area contributed by atoms with Crippen LogP contribution in [0.2, 0.25) is 10.0 Å². The lowest BCUT2D eigenvalue weighted by Crippen LogP contribution is -2.27. The van der Waals surface area contributed by atoms with Crippen molar-refractivity contribution < 1.29 is 23.1 Å². The first-order valence-electron chi connectivity index (χ1n) is 7.19. The number of esters is 1. The zero-order valence-electron chi connectivity index (χ0n) is 12.8. The van der Waals surface area contributed by atoms with Gasteiger partial charge in [0.2, 0.25) is 0 Å². The zero-order chi connectivity index (χ0) is 18.4. The Hall–Kier alpha value is -2.18. The first kappa shape index (κ1) is 19.1. The topological polar surface area (TPSA) is 55.4 Å². The average molecular weight is 388 g/mol. The average Bonchev–Trinajstić information content (AvgIpc) is 2.55. The molecule has 1 N–H and O–H groups in total. The van der Waals surface area contributed by atoms with Crippen LogP contribution >= 0.6 is 23.2 Å². The summed E-state index contributed by atoms with van der Waals surface area (Å²) in [7, 11) is 0. The van der Waals surface area contributed by atoms with Gasteiger partial charge in [-0.1, -0.05) is 29.3 Å². The molecular formula is C17H13Cl2F2NO3. The van der Waals surface area contributed by atoms with E-state index in [9.17, 15) is 18.4 Å². The Morgan fingerprint density at radius 1 is 1.04 bits per heavy atom. The van der Waals surface area contributed by atoms with Crippen LogP contribution in [0, 0.1) is 11.6 Å². The minimum Gasteiger partial charge on any atom is -0.461 e. The molecule has 0 heterocycles. The van der Waals surface area contributed by atoms with Crippen LogP contribution in [0.4, 0.5) is 8.78 Å². The molecule has 0 aliphatic heterocycles. The highest BCUT2D eigenvalue weighted by Crippen LogP contribution is 2.22. The summed E-state index contributed by atoms with van der Waals surface area (Å²) in [6.45, 7) is -0.0356. The molecule has 0 radical (unpaired) electrons. The zero-order valence-corrected chi connectivity index (χ0v) is 14.3. The van der Waals surface area contributed by atoms with E-state index in [2.05, 4.69) is 5.32 Å². The van der Waals surface area contributed by atoms with Crippen molar-refractivity contribution in [2.45, 2.75) is 13.0 Å². The van der Waals surface area contributed by atoms with E-state index in [0.717, 1.165) is 12.1 Å². The number of carbonyl (C=O) groups excluding carboxylic acids is 2. The fourth-order valence-corrected chi connectivity index (χ4v) is 2.23. The number of hydrogen-bond donors (Lipinski definition) is 1. The molecule has 2 aromatic carbocycles. The van der Waals surface area contributed by atoms with E-state index in [1.807, 2.05) is 0 Å². The summed E-state index contributed by atoms with van der Waals surface area (Å²) >= 11 is 11.6. The Labute approximate surface area is 152 Å². The molecule has 2 rings (SSSR count). The Bertz CT molecular complexity index is 799. The molecule has 0 bridgehead atoms. The van der Waals surface area contributed by atoms with Gasteiger partial charge in [0, 0.05) is 12.6 Å². The number of hydrogen-bond acceptors (Lipinski definition) is 3. The molecule has 0 aliphatic rings. The Morgan fingerprint density at radius 3 is 2.48 bits per heavy atom. The number of carbonyl (C=O) groups is 2. The van der Waals surface area contributed by atoms with Gasteiger partial charge in [-0.2, -0.15) is 0 Å². The molecule has 2 aromatic rings. The van der Waals surface area contributed by atoms with E-state index in [4.69, 9.17) is 27.9 Å². The standard InChI is InChI=1S/C17H13Cl2F2NO3/c18-13-4-1-10(7-14(13)19)9-25-16(23)5-6-22-17(24)12-3-2-11(20)8-15(12)21/h1-4,7-8H,5-6,9H2,(H,22,24). The minimum atomic E-state index is -0.973. The van der Waals surface area contributed by atoms with E-state index in [1.165, 1.54) is 0 Å². The number of nitrogens with one attached hydrogen (secondary N) is 1. The van der Waals surface area contributed by atoms with Crippen molar-refractivity contribution in [3.63, 3.8) is 0 Å². The maximum atomic E-state index is 13.4. The lowest BCUT2D eigenvalue weighted by Gasteiger charge is -2.08. The number of halogens is 4. The highest BCUT2D eigenvalue weighted by Gasteiger charge is 2.13. The Kier molecular flexibility index (Phi) is 6.73. The maximum Gasteiger partial charge on any atom is 0.307 e. The molecule has 0 unspecified atom stereocenters. The molecule has 132 valence electrons. The summed E-state index contributed by atoms with van der Waals surface area (Å²) in [6, 6.07) is 7.45. The van der Waals surface area contributed by atoms with Crippen molar-refractivity contribution in [3.8, 4) is 0 Å². The molecule has 0 saturated carbocycles. The van der Waals surface area contributed by atoms with Gasteiger partial charge in [-0.25, -0.2) is 8.78 Å². The van der Waals surface area contributed by atoms with E-state index >= 15 is 0 Å². The number of benzene rings is 2. The summed E-state index contributed by atoms with van der Waals surface area (Å²) in [6.07, 6.45) is -0.101. The molecule has 0 aromatic heterocycles. The van der Waals surface area contributed by atoms with E-state index in [0.29, 0.717) is 21.7 Å². The molecule has 0 atom stereocenters. The van der Waals surface area contributed by atoms with Gasteiger partial charge in [-0.05, 0) is 29.8 Å². The van der Waals surface area contributed by atoms with Crippen molar-refractivity contribution in [1.29, 1.82) is 0 Å². The SMILES string of the molecule is O=C(CCNC(=O)c1ccc(F)cc1F)OCc1ccc(Cl)c(Cl)c1. The van der Waals surface area contributed by atoms with Crippen molar-refractivity contribution in [1.82, 2.24) is 5.32 Å². The minimum absolute atomic E-state index is 0.0102. The third kappa shape index (κ3) is 5.69. The molecule has 0 aliphatic carbocycles. The van der Waals surface area contributed by atoms with Crippen LogP contribution < -0.4 is 5.32 Å². The second kappa shape index (κ2) is 8.78. The molecule has 25 heavy (non-hydrogen) atoms. The molecule has 0 spiro atoms. The summed E-state index contributed by atoms with van der Waals surface area (Å²) < 4.78 is 31.3. The van der Waals surface area contributed by atoms with Gasteiger partial charge in [-0.3, -0.25) is 9.59 Å². The summed E-state index contributed by atoms with van der Waals surface area (Å²) in [5, 5.41) is 3.11. The Balaban J connectivity index is 1.76. The van der Waals surface area contributed by atoms with Crippen LogP contribution in [-0.4, -0.2) is 18.4 Å². The second-order valence-corrected chi connectivity index (χ2v) is 5.85. The molecule has 4 nitrogen and oxygen atoms in total. The van der Waals surface area contributed by atoms with Crippen LogP contribution in [0.3, 0.4) is 0 Å². The molecule has 8 heteroatoms. The highest BCUT2D eigenvalue weighted by atomic mass is 35.5. The summed E-state index contributed by atoms with van der Waals surface area (Å²) in [5.74, 6) is -3.04. The molecule has 1 amide bonds. The van der Waals surface area contributed by atoms with Crippen molar-refractivity contribution in [2.75, 3.05) is 6.54 Å². The number of amides is 1. The third-order valence-corrected chi connectivity index (χ3v) is 3.91. The van der Waals surface area contributed by atoms with Crippen LogP contribution in [0.25, 0.3) is 0 Å². The van der Waals surface area contributed by atoms with Crippen molar-refractivity contribution in [3.05, 3.63) is 69.2 Å². The maximum absolute atomic E-state index is 13.4. The normalized spacial score (nSPS) is 10.4. The van der Waals surface area contributed by atoms with Gasteiger partial charge in [0.25, 0.3) is 5.91 Å². The van der Waals surface area contributed by atoms with Crippen LogP contribution in [0.15, 0.2) is 36.4 Å². The van der Waals surface area contributed by atoms with Crippen LogP contribution in [-0.2, 0) is 16.1 Å². The lowest BCUT2D eigenvalue weighted by atomic mass is 10.2. The summed E-state index contributed by atoms with van der Waals surface area (Å²) in [4.78, 5) is 23.4. The van der Waals surface area contributed by atoms with E-state index in [1.54, 1.807) is 18.2 Å². The smallest absolute Gasteiger partial charge is 0.307 e. The van der Waals surface area contributed by atoms with Crippen molar-refractivity contribution in [2.24, 2.45) is 0 Å². The van der Waals surface area contributed by atoms with Crippen LogP contribution in [0.1, 0.15) is 22.3 Å². The van der Waals surface area contributed by atoms with Crippen molar-refractivity contribution >= 4 is 35.1 Å². The quantitative estimate of drug-likeness (QED) is 0.757. The van der Waals surface area contributed by atoms with Gasteiger partial charge in [0.15, 0.2) is 0 Å². The first-order chi connectivity index (χ1) is 11.9. The Morgan fingerprint density at radius 2 is 1.80 bits per heavy atom.